The summed E-state index contributed by atoms with van der Waals surface area (Å²) in [5.74, 6) is -0.101. The minimum absolute atomic E-state index is 0.0800. The van der Waals surface area contributed by atoms with Gasteiger partial charge in [0, 0.05) is 15.5 Å². The van der Waals surface area contributed by atoms with Gasteiger partial charge in [-0.15, -0.1) is 0 Å². The maximum atomic E-state index is 11.6. The van der Waals surface area contributed by atoms with Crippen LogP contribution in [0.25, 0.3) is 11.3 Å². The maximum absolute atomic E-state index is 11.6. The number of nitrogens with zero attached hydrogens (tertiary/aromatic N) is 1. The molecule has 0 saturated carbocycles. The van der Waals surface area contributed by atoms with Gasteiger partial charge in [-0.05, 0) is 18.2 Å². The third kappa shape index (κ3) is 2.95. The van der Waals surface area contributed by atoms with Crippen molar-refractivity contribution in [3.05, 3.63) is 34.0 Å². The van der Waals surface area contributed by atoms with E-state index in [1.165, 1.54) is 0 Å². The molecule has 1 heterocycles. The number of rotatable bonds is 3. The van der Waals surface area contributed by atoms with Crippen molar-refractivity contribution >= 4 is 21.9 Å². The van der Waals surface area contributed by atoms with Crippen LogP contribution in [0.15, 0.2) is 27.2 Å². The molecule has 0 aliphatic carbocycles. The van der Waals surface area contributed by atoms with E-state index in [9.17, 15) is 9.90 Å². The molecule has 0 bridgehead atoms. The zero-order valence-corrected chi connectivity index (χ0v) is 13.8. The molecule has 0 spiro atoms. The first-order valence-corrected chi connectivity index (χ1v) is 7.12. The number of aromatic nitrogens is 1. The number of hydrogen-bond donors (Lipinski definition) is 1. The van der Waals surface area contributed by atoms with Gasteiger partial charge < -0.3 is 14.4 Å². The molecule has 0 unspecified atom stereocenters. The topological polar surface area (TPSA) is 72.6 Å². The fourth-order valence-electron chi connectivity index (χ4n) is 2.00. The molecule has 0 aliphatic heterocycles. The Morgan fingerprint density at radius 2 is 2.05 bits per heavy atom. The summed E-state index contributed by atoms with van der Waals surface area (Å²) in [5.41, 5.74) is 0.533. The number of hydrogen-bond acceptors (Lipinski definition) is 4. The molecule has 5 nitrogen and oxygen atoms in total. The average Bonchev–Trinajstić information content (AvgIpc) is 2.84. The van der Waals surface area contributed by atoms with Crippen LogP contribution in [0.3, 0.4) is 0 Å². The molecule has 0 atom stereocenters. The van der Waals surface area contributed by atoms with E-state index in [0.29, 0.717) is 22.8 Å². The summed E-state index contributed by atoms with van der Waals surface area (Å²) in [6, 6.07) is 5.28. The number of methoxy groups -OCH3 is 1. The van der Waals surface area contributed by atoms with Crippen LogP contribution in [0.2, 0.25) is 0 Å². The number of carboxylic acid groups (broad SMARTS) is 1. The zero-order valence-electron chi connectivity index (χ0n) is 12.2. The predicted octanol–water partition coefficient (Wildman–Crippen LogP) is 4.11. The van der Waals surface area contributed by atoms with Crippen molar-refractivity contribution in [3.63, 3.8) is 0 Å². The van der Waals surface area contributed by atoms with E-state index in [-0.39, 0.29) is 5.56 Å². The van der Waals surface area contributed by atoms with E-state index in [1.807, 2.05) is 20.8 Å². The maximum Gasteiger partial charge on any atom is 0.341 e. The van der Waals surface area contributed by atoms with E-state index in [4.69, 9.17) is 9.26 Å². The summed E-state index contributed by atoms with van der Waals surface area (Å²) in [7, 11) is 1.55. The Kier molecular flexibility index (Phi) is 4.09. The van der Waals surface area contributed by atoms with Crippen LogP contribution < -0.4 is 4.74 Å². The molecule has 112 valence electrons. The van der Waals surface area contributed by atoms with Gasteiger partial charge in [0.2, 0.25) is 0 Å². The fraction of sp³-hybridized carbons (Fsp3) is 0.333. The largest absolute Gasteiger partial charge is 0.497 e. The first-order valence-electron chi connectivity index (χ1n) is 6.33. The summed E-state index contributed by atoms with van der Waals surface area (Å²) in [6.45, 7) is 5.64. The Morgan fingerprint density at radius 1 is 1.38 bits per heavy atom. The highest BCUT2D eigenvalue weighted by Crippen LogP contribution is 2.37. The molecule has 1 N–H and O–H groups in total. The summed E-state index contributed by atoms with van der Waals surface area (Å²) in [5, 5.41) is 13.5. The van der Waals surface area contributed by atoms with Crippen LogP contribution in [-0.2, 0) is 5.41 Å². The molecular weight excluding hydrogens is 338 g/mol. The second-order valence-corrected chi connectivity index (χ2v) is 6.49. The average molecular weight is 354 g/mol. The lowest BCUT2D eigenvalue weighted by molar-refractivity contribution is 0.0693. The van der Waals surface area contributed by atoms with Crippen LogP contribution in [-0.4, -0.2) is 23.3 Å². The molecule has 0 saturated heterocycles. The summed E-state index contributed by atoms with van der Waals surface area (Å²) in [4.78, 5) is 11.6. The van der Waals surface area contributed by atoms with Gasteiger partial charge >= 0.3 is 5.97 Å². The SMILES string of the molecule is COc1ccc(Br)c(-c2noc(C(C)(C)C)c2C(=O)O)c1. The Bertz CT molecular complexity index is 685. The smallest absolute Gasteiger partial charge is 0.341 e. The van der Waals surface area contributed by atoms with Gasteiger partial charge in [0.25, 0.3) is 0 Å². The second kappa shape index (κ2) is 5.52. The standard InChI is InChI=1S/C15H16BrNO4/c1-15(2,3)13-11(14(18)19)12(17-21-13)9-7-8(20-4)5-6-10(9)16/h5-7H,1-4H3,(H,18,19). The lowest BCUT2D eigenvalue weighted by Gasteiger charge is -2.14. The molecular formula is C15H16BrNO4. The molecule has 0 radical (unpaired) electrons. The molecule has 6 heteroatoms. The van der Waals surface area contributed by atoms with Crippen molar-refractivity contribution in [2.75, 3.05) is 7.11 Å². The van der Waals surface area contributed by atoms with Crippen LogP contribution in [0.4, 0.5) is 0 Å². The zero-order chi connectivity index (χ0) is 15.8. The van der Waals surface area contributed by atoms with Crippen LogP contribution >= 0.6 is 15.9 Å². The monoisotopic (exact) mass is 353 g/mol. The van der Waals surface area contributed by atoms with Gasteiger partial charge in [0.1, 0.15) is 17.0 Å². The van der Waals surface area contributed by atoms with Crippen molar-refractivity contribution in [2.24, 2.45) is 0 Å². The molecule has 1 aromatic heterocycles. The molecule has 0 fully saturated rings. The molecule has 0 amide bonds. The third-order valence-corrected chi connectivity index (χ3v) is 3.71. The first-order chi connectivity index (χ1) is 9.75. The van der Waals surface area contributed by atoms with E-state index in [2.05, 4.69) is 21.1 Å². The van der Waals surface area contributed by atoms with Crippen LogP contribution in [0.5, 0.6) is 5.75 Å². The molecule has 21 heavy (non-hydrogen) atoms. The van der Waals surface area contributed by atoms with E-state index in [1.54, 1.807) is 25.3 Å². The van der Waals surface area contributed by atoms with Gasteiger partial charge in [-0.25, -0.2) is 4.79 Å². The molecule has 2 aromatic rings. The van der Waals surface area contributed by atoms with Crippen molar-refractivity contribution in [1.82, 2.24) is 5.16 Å². The van der Waals surface area contributed by atoms with Gasteiger partial charge in [0.15, 0.2) is 5.76 Å². The number of aromatic carboxylic acids is 1. The number of carbonyl (C=O) groups is 1. The second-order valence-electron chi connectivity index (χ2n) is 5.64. The first kappa shape index (κ1) is 15.6. The van der Waals surface area contributed by atoms with Crippen LogP contribution in [0, 0.1) is 0 Å². The minimum atomic E-state index is -1.06. The molecule has 0 aliphatic rings. The van der Waals surface area contributed by atoms with Gasteiger partial charge in [-0.3, -0.25) is 0 Å². The summed E-state index contributed by atoms with van der Waals surface area (Å²) >= 11 is 3.41. The molecule has 2 rings (SSSR count). The van der Waals surface area contributed by atoms with Crippen molar-refractivity contribution < 1.29 is 19.2 Å². The number of ether oxygens (including phenoxy) is 1. The quantitative estimate of drug-likeness (QED) is 0.898. The minimum Gasteiger partial charge on any atom is -0.497 e. The van der Waals surface area contributed by atoms with E-state index in [0.717, 1.165) is 4.47 Å². The van der Waals surface area contributed by atoms with Gasteiger partial charge in [-0.2, -0.15) is 0 Å². The normalized spacial score (nSPS) is 11.5. The highest BCUT2D eigenvalue weighted by molar-refractivity contribution is 9.10. The number of halogens is 1. The highest BCUT2D eigenvalue weighted by Gasteiger charge is 2.32. The van der Waals surface area contributed by atoms with Gasteiger partial charge in [0.05, 0.1) is 7.11 Å². The fourth-order valence-corrected chi connectivity index (χ4v) is 2.43. The Balaban J connectivity index is 2.71. The lowest BCUT2D eigenvalue weighted by Crippen LogP contribution is -2.15. The summed E-state index contributed by atoms with van der Waals surface area (Å²) in [6.07, 6.45) is 0. The van der Waals surface area contributed by atoms with E-state index >= 15 is 0 Å². The predicted molar refractivity (Wildman–Crippen MR) is 81.9 cm³/mol. The number of benzene rings is 1. The van der Waals surface area contributed by atoms with E-state index < -0.39 is 11.4 Å². The van der Waals surface area contributed by atoms with Gasteiger partial charge in [-0.1, -0.05) is 41.9 Å². The highest BCUT2D eigenvalue weighted by atomic mass is 79.9. The summed E-state index contributed by atoms with van der Waals surface area (Å²) < 4.78 is 11.2. The van der Waals surface area contributed by atoms with Crippen molar-refractivity contribution in [1.29, 1.82) is 0 Å². The lowest BCUT2D eigenvalue weighted by atomic mass is 9.89. The third-order valence-electron chi connectivity index (χ3n) is 3.02. The molecule has 1 aromatic carbocycles. The Labute approximate surface area is 131 Å². The Hall–Kier alpha value is -1.82. The van der Waals surface area contributed by atoms with Crippen molar-refractivity contribution in [2.45, 2.75) is 26.2 Å². The van der Waals surface area contributed by atoms with Crippen molar-refractivity contribution in [3.8, 4) is 17.0 Å². The van der Waals surface area contributed by atoms with Crippen LogP contribution in [0.1, 0.15) is 36.9 Å². The Morgan fingerprint density at radius 3 is 2.57 bits per heavy atom. The number of carboxylic acids is 1.